The Morgan fingerprint density at radius 3 is 2.83 bits per heavy atom. The van der Waals surface area contributed by atoms with Crippen molar-refractivity contribution in [3.63, 3.8) is 0 Å². The number of nitrogens with zero attached hydrogens (tertiary/aromatic N) is 2. The van der Waals surface area contributed by atoms with Crippen molar-refractivity contribution in [2.24, 2.45) is 0 Å². The van der Waals surface area contributed by atoms with Crippen LogP contribution in [0.1, 0.15) is 43.4 Å². The van der Waals surface area contributed by atoms with Crippen LogP contribution in [0.25, 0.3) is 10.9 Å². The fourth-order valence-electron chi connectivity index (χ4n) is 3.34. The predicted octanol–water partition coefficient (Wildman–Crippen LogP) is 2.89. The van der Waals surface area contributed by atoms with Crippen LogP contribution in [-0.4, -0.2) is 42.0 Å². The van der Waals surface area contributed by atoms with E-state index in [2.05, 4.69) is 21.4 Å². The molecule has 1 aromatic heterocycles. The van der Waals surface area contributed by atoms with Gasteiger partial charge in [-0.05, 0) is 38.4 Å². The molecule has 1 saturated heterocycles. The van der Waals surface area contributed by atoms with Crippen LogP contribution in [-0.2, 0) is 4.74 Å². The van der Waals surface area contributed by atoms with E-state index in [1.54, 1.807) is 13.4 Å². The normalized spacial score (nSPS) is 17.3. The first-order valence-electron chi connectivity index (χ1n) is 8.31. The minimum absolute atomic E-state index is 0.168. The van der Waals surface area contributed by atoms with Crippen molar-refractivity contribution in [1.82, 2.24) is 15.3 Å². The van der Waals surface area contributed by atoms with Crippen LogP contribution in [0.3, 0.4) is 0 Å². The Labute approximate surface area is 137 Å². The lowest BCUT2D eigenvalue weighted by molar-refractivity contribution is 0.152. The van der Waals surface area contributed by atoms with Gasteiger partial charge < -0.3 is 15.5 Å². The molecular formula is C18H24N4O. The first kappa shape index (κ1) is 16.0. The second-order valence-electron chi connectivity index (χ2n) is 6.06. The van der Waals surface area contributed by atoms with E-state index in [1.165, 1.54) is 0 Å². The van der Waals surface area contributed by atoms with E-state index in [1.807, 2.05) is 19.1 Å². The van der Waals surface area contributed by atoms with Crippen molar-refractivity contribution in [2.75, 3.05) is 20.2 Å². The summed E-state index contributed by atoms with van der Waals surface area (Å²) in [6, 6.07) is 6.06. The summed E-state index contributed by atoms with van der Waals surface area (Å²) in [7, 11) is 1.65. The lowest BCUT2D eigenvalue weighted by Crippen LogP contribution is -2.27. The fraction of sp³-hybridized carbons (Fsp3) is 0.500. The smallest absolute Gasteiger partial charge is 0.116 e. The Bertz CT molecular complexity index is 690. The van der Waals surface area contributed by atoms with Gasteiger partial charge in [-0.15, -0.1) is 0 Å². The molecule has 0 unspecified atom stereocenters. The zero-order chi connectivity index (χ0) is 16.2. The zero-order valence-electron chi connectivity index (χ0n) is 13.8. The molecule has 5 heteroatoms. The quantitative estimate of drug-likeness (QED) is 0.833. The lowest BCUT2D eigenvalue weighted by atomic mass is 9.91. The topological polar surface area (TPSA) is 70.9 Å². The summed E-state index contributed by atoms with van der Waals surface area (Å²) >= 11 is 0. The van der Waals surface area contributed by atoms with E-state index in [-0.39, 0.29) is 6.10 Å². The molecule has 23 heavy (non-hydrogen) atoms. The van der Waals surface area contributed by atoms with Crippen molar-refractivity contribution in [3.05, 3.63) is 35.8 Å². The molecule has 3 rings (SSSR count). The summed E-state index contributed by atoms with van der Waals surface area (Å²) in [5.74, 6) is 0.495. The number of ether oxygens (including phenoxy) is 1. The van der Waals surface area contributed by atoms with Crippen molar-refractivity contribution in [2.45, 2.75) is 38.2 Å². The van der Waals surface area contributed by atoms with Gasteiger partial charge in [0.15, 0.2) is 0 Å². The fourth-order valence-corrected chi connectivity index (χ4v) is 3.34. The number of rotatable bonds is 5. The summed E-state index contributed by atoms with van der Waals surface area (Å²) in [4.78, 5) is 8.98. The van der Waals surface area contributed by atoms with Crippen LogP contribution in [0.5, 0.6) is 0 Å². The van der Waals surface area contributed by atoms with E-state index < -0.39 is 0 Å². The minimum atomic E-state index is -0.168. The van der Waals surface area contributed by atoms with Crippen LogP contribution in [0.4, 0.5) is 0 Å². The van der Waals surface area contributed by atoms with E-state index in [4.69, 9.17) is 10.1 Å². The number of hydrogen-bond donors (Lipinski definition) is 2. The molecule has 2 heterocycles. The zero-order valence-corrected chi connectivity index (χ0v) is 13.8. The number of methoxy groups -OCH3 is 1. The maximum Gasteiger partial charge on any atom is 0.116 e. The molecule has 0 spiro atoms. The largest absolute Gasteiger partial charge is 0.375 e. The van der Waals surface area contributed by atoms with Gasteiger partial charge >= 0.3 is 0 Å². The molecule has 1 atom stereocenters. The van der Waals surface area contributed by atoms with E-state index in [9.17, 15) is 0 Å². The number of aromatic nitrogens is 2. The Kier molecular flexibility index (Phi) is 4.98. The highest BCUT2D eigenvalue weighted by molar-refractivity contribution is 6.04. The molecule has 0 aliphatic carbocycles. The minimum Gasteiger partial charge on any atom is -0.375 e. The Morgan fingerprint density at radius 1 is 1.35 bits per heavy atom. The molecule has 0 bridgehead atoms. The molecule has 0 saturated carbocycles. The van der Waals surface area contributed by atoms with E-state index in [0.717, 1.165) is 54.5 Å². The molecule has 122 valence electrons. The van der Waals surface area contributed by atoms with Gasteiger partial charge in [0.1, 0.15) is 6.33 Å². The Hall–Kier alpha value is -1.85. The van der Waals surface area contributed by atoms with Gasteiger partial charge in [-0.3, -0.25) is 0 Å². The highest BCUT2D eigenvalue weighted by atomic mass is 16.5. The van der Waals surface area contributed by atoms with E-state index in [0.29, 0.717) is 11.6 Å². The molecule has 2 aromatic rings. The van der Waals surface area contributed by atoms with Crippen LogP contribution < -0.4 is 5.32 Å². The first-order chi connectivity index (χ1) is 11.2. The van der Waals surface area contributed by atoms with Crippen LogP contribution in [0.15, 0.2) is 24.5 Å². The molecule has 2 N–H and O–H groups in total. The summed E-state index contributed by atoms with van der Waals surface area (Å²) in [6.07, 6.45) is 4.51. The maximum atomic E-state index is 8.33. The molecule has 1 aromatic carbocycles. The summed E-state index contributed by atoms with van der Waals surface area (Å²) in [5, 5.41) is 12.8. The SMILES string of the molecule is CC[C@@H](OC)C(=N)c1ccc2c(C3CCNCC3)ncnc2c1. The Balaban J connectivity index is 1.96. The van der Waals surface area contributed by atoms with Crippen molar-refractivity contribution in [1.29, 1.82) is 5.41 Å². The molecule has 1 aliphatic rings. The van der Waals surface area contributed by atoms with Crippen LogP contribution >= 0.6 is 0 Å². The standard InChI is InChI=1S/C18H24N4O/c1-3-16(23-2)17(19)13-4-5-14-15(10-13)21-11-22-18(14)12-6-8-20-9-7-12/h4-5,10-12,16,19-20H,3,6-9H2,1-2H3/t16-/m1/s1. The number of nitrogens with one attached hydrogen (secondary N) is 2. The highest BCUT2D eigenvalue weighted by Gasteiger charge is 2.20. The molecule has 1 fully saturated rings. The van der Waals surface area contributed by atoms with Gasteiger partial charge in [0.2, 0.25) is 0 Å². The number of piperidine rings is 1. The van der Waals surface area contributed by atoms with Gasteiger partial charge in [0.25, 0.3) is 0 Å². The molecule has 0 radical (unpaired) electrons. The lowest BCUT2D eigenvalue weighted by Gasteiger charge is -2.23. The maximum absolute atomic E-state index is 8.33. The summed E-state index contributed by atoms with van der Waals surface area (Å²) < 4.78 is 5.38. The van der Waals surface area contributed by atoms with Gasteiger partial charge in [0, 0.05) is 24.0 Å². The van der Waals surface area contributed by atoms with Crippen molar-refractivity contribution >= 4 is 16.6 Å². The van der Waals surface area contributed by atoms with Gasteiger partial charge in [-0.25, -0.2) is 9.97 Å². The number of fused-ring (bicyclic) bond motifs is 1. The number of hydrogen-bond acceptors (Lipinski definition) is 5. The molecule has 0 amide bonds. The second-order valence-corrected chi connectivity index (χ2v) is 6.06. The molecule has 1 aliphatic heterocycles. The van der Waals surface area contributed by atoms with Crippen molar-refractivity contribution < 1.29 is 4.74 Å². The van der Waals surface area contributed by atoms with Gasteiger partial charge in [0.05, 0.1) is 23.0 Å². The number of benzene rings is 1. The monoisotopic (exact) mass is 312 g/mol. The summed E-state index contributed by atoms with van der Waals surface area (Å²) in [5.41, 5.74) is 3.45. The second kappa shape index (κ2) is 7.15. The third-order valence-corrected chi connectivity index (χ3v) is 4.68. The molecule has 5 nitrogen and oxygen atoms in total. The summed E-state index contributed by atoms with van der Waals surface area (Å²) in [6.45, 7) is 4.12. The average Bonchev–Trinajstić information content (AvgIpc) is 2.62. The van der Waals surface area contributed by atoms with Gasteiger partial charge in [-0.2, -0.15) is 0 Å². The predicted molar refractivity (Wildman–Crippen MR) is 92.3 cm³/mol. The van der Waals surface area contributed by atoms with E-state index >= 15 is 0 Å². The molecular weight excluding hydrogens is 288 g/mol. The first-order valence-corrected chi connectivity index (χ1v) is 8.31. The van der Waals surface area contributed by atoms with Gasteiger partial charge in [-0.1, -0.05) is 19.1 Å². The van der Waals surface area contributed by atoms with Crippen LogP contribution in [0, 0.1) is 5.41 Å². The van der Waals surface area contributed by atoms with Crippen LogP contribution in [0.2, 0.25) is 0 Å². The Morgan fingerprint density at radius 2 is 2.13 bits per heavy atom. The third-order valence-electron chi connectivity index (χ3n) is 4.68. The third kappa shape index (κ3) is 3.26. The average molecular weight is 312 g/mol. The highest BCUT2D eigenvalue weighted by Crippen LogP contribution is 2.29. The van der Waals surface area contributed by atoms with Crippen molar-refractivity contribution in [3.8, 4) is 0 Å².